The summed E-state index contributed by atoms with van der Waals surface area (Å²) in [4.78, 5) is 0. The Bertz CT molecular complexity index is 260. The van der Waals surface area contributed by atoms with Crippen molar-refractivity contribution >= 4 is 0 Å². The summed E-state index contributed by atoms with van der Waals surface area (Å²) in [5.74, 6) is 0.0903. The van der Waals surface area contributed by atoms with Crippen LogP contribution in [0.15, 0.2) is 0 Å². The molecule has 0 N–H and O–H groups in total. The van der Waals surface area contributed by atoms with Crippen molar-refractivity contribution in [2.45, 2.75) is 27.0 Å². The minimum atomic E-state index is -2.81. The molecule has 0 aliphatic heterocycles. The third-order valence-electron chi connectivity index (χ3n) is 1.39. The summed E-state index contributed by atoms with van der Waals surface area (Å²) < 4.78 is 29.2. The fourth-order valence-corrected chi connectivity index (χ4v) is 0.870. The molecule has 0 amide bonds. The Morgan fingerprint density at radius 3 is 2.83 bits per heavy atom. The average Bonchev–Trinajstić information content (AvgIpc) is 2.32. The number of aryl methyl sites for hydroxylation is 2. The van der Waals surface area contributed by atoms with Crippen LogP contribution in [0.2, 0.25) is 0 Å². The number of hydrogen-bond acceptors (Lipinski definition) is 2. The van der Waals surface area contributed by atoms with Gasteiger partial charge in [0, 0.05) is 12.1 Å². The van der Waals surface area contributed by atoms with Crippen LogP contribution in [-0.4, -0.2) is 16.4 Å². The number of ether oxygens (including phenoxy) is 1. The van der Waals surface area contributed by atoms with Crippen molar-refractivity contribution in [3.8, 4) is 5.88 Å². The number of hydrogen-bond donors (Lipinski definition) is 0. The molecule has 67 valence electrons. The van der Waals surface area contributed by atoms with Crippen LogP contribution in [0.4, 0.5) is 8.78 Å². The largest absolute Gasteiger partial charge is 0.417 e. The Kier molecular flexibility index (Phi) is 2.62. The van der Waals surface area contributed by atoms with Crippen LogP contribution >= 0.6 is 0 Å². The van der Waals surface area contributed by atoms with E-state index >= 15 is 0 Å². The first-order valence-electron chi connectivity index (χ1n) is 3.55. The van der Waals surface area contributed by atoms with E-state index < -0.39 is 6.61 Å². The normalized spacial score (nSPS) is 10.8. The molecule has 0 atom stereocenters. The quantitative estimate of drug-likeness (QED) is 0.697. The van der Waals surface area contributed by atoms with Crippen LogP contribution in [0.25, 0.3) is 0 Å². The maximum Gasteiger partial charge on any atom is 0.388 e. The van der Waals surface area contributed by atoms with Gasteiger partial charge in [-0.25, -0.2) is 4.68 Å². The minimum absolute atomic E-state index is 0.0903. The summed E-state index contributed by atoms with van der Waals surface area (Å²) in [6.07, 6.45) is 2.55. The Hall–Kier alpha value is -1.13. The van der Waals surface area contributed by atoms with E-state index in [4.69, 9.17) is 0 Å². The summed E-state index contributed by atoms with van der Waals surface area (Å²) in [6, 6.07) is 0. The smallest absolute Gasteiger partial charge is 0.388 e. The van der Waals surface area contributed by atoms with Crippen LogP contribution < -0.4 is 4.74 Å². The van der Waals surface area contributed by atoms with E-state index in [2.05, 4.69) is 16.0 Å². The van der Waals surface area contributed by atoms with E-state index in [1.54, 1.807) is 13.8 Å². The van der Waals surface area contributed by atoms with Gasteiger partial charge in [0.2, 0.25) is 5.88 Å². The summed E-state index contributed by atoms with van der Waals surface area (Å²) in [7, 11) is 0. The highest BCUT2D eigenvalue weighted by Crippen LogP contribution is 2.18. The molecule has 0 aliphatic carbocycles. The molecule has 5 heteroatoms. The molecular formula is C7H9F2N2O. The summed E-state index contributed by atoms with van der Waals surface area (Å²) >= 11 is 0. The van der Waals surface area contributed by atoms with Crippen LogP contribution in [-0.2, 0) is 6.54 Å². The first kappa shape index (κ1) is 8.96. The number of alkyl halides is 2. The average molecular weight is 175 g/mol. The molecule has 0 saturated heterocycles. The molecule has 1 rings (SSSR count). The molecule has 3 nitrogen and oxygen atoms in total. The van der Waals surface area contributed by atoms with Gasteiger partial charge in [0.1, 0.15) is 6.20 Å². The Morgan fingerprint density at radius 1 is 1.67 bits per heavy atom. The summed E-state index contributed by atoms with van der Waals surface area (Å²) in [6.45, 7) is 1.10. The zero-order valence-electron chi connectivity index (χ0n) is 6.84. The number of halogens is 2. The van der Waals surface area contributed by atoms with Gasteiger partial charge in [-0.2, -0.15) is 13.9 Å². The van der Waals surface area contributed by atoms with Crippen molar-refractivity contribution < 1.29 is 13.5 Å². The van der Waals surface area contributed by atoms with Crippen molar-refractivity contribution in [1.29, 1.82) is 0 Å². The third kappa shape index (κ3) is 1.72. The first-order valence-corrected chi connectivity index (χ1v) is 3.55. The molecular weight excluding hydrogens is 166 g/mol. The molecule has 1 heterocycles. The third-order valence-corrected chi connectivity index (χ3v) is 1.39. The lowest BCUT2D eigenvalue weighted by molar-refractivity contribution is -0.0562. The van der Waals surface area contributed by atoms with Crippen LogP contribution in [0, 0.1) is 13.1 Å². The zero-order valence-corrected chi connectivity index (χ0v) is 6.84. The lowest BCUT2D eigenvalue weighted by Crippen LogP contribution is -2.08. The Labute approximate surface area is 68.9 Å². The van der Waals surface area contributed by atoms with Crippen molar-refractivity contribution in [3.63, 3.8) is 0 Å². The topological polar surface area (TPSA) is 27.1 Å². The minimum Gasteiger partial charge on any atom is -0.417 e. The first-order chi connectivity index (χ1) is 5.65. The highest BCUT2D eigenvalue weighted by atomic mass is 19.3. The maximum atomic E-state index is 11.8. The second-order valence-electron chi connectivity index (χ2n) is 2.24. The molecule has 1 aromatic rings. The van der Waals surface area contributed by atoms with E-state index in [1.807, 2.05) is 0 Å². The number of aromatic nitrogens is 2. The fraction of sp³-hybridized carbons (Fsp3) is 0.571. The lowest BCUT2D eigenvalue weighted by Gasteiger charge is -2.06. The molecule has 1 aromatic heterocycles. The molecule has 1 radical (unpaired) electrons. The molecule has 0 aliphatic rings. The number of nitrogens with zero attached hydrogens (tertiary/aromatic N) is 2. The van der Waals surface area contributed by atoms with Gasteiger partial charge >= 0.3 is 6.61 Å². The molecule has 0 spiro atoms. The molecule has 0 fully saturated rings. The fourth-order valence-electron chi connectivity index (χ4n) is 0.870. The van der Waals surface area contributed by atoms with E-state index in [1.165, 1.54) is 4.68 Å². The molecule has 0 aromatic carbocycles. The summed E-state index contributed by atoms with van der Waals surface area (Å²) in [5, 5.41) is 3.72. The van der Waals surface area contributed by atoms with E-state index in [0.29, 0.717) is 12.1 Å². The zero-order chi connectivity index (χ0) is 9.14. The molecule has 12 heavy (non-hydrogen) atoms. The SMILES string of the molecule is CCn1n[c]c(C)c1OC(F)F. The van der Waals surface area contributed by atoms with Gasteiger partial charge < -0.3 is 4.74 Å². The van der Waals surface area contributed by atoms with Crippen LogP contribution in [0.3, 0.4) is 0 Å². The number of rotatable bonds is 3. The van der Waals surface area contributed by atoms with Gasteiger partial charge in [0.25, 0.3) is 0 Å². The van der Waals surface area contributed by atoms with Gasteiger partial charge in [-0.3, -0.25) is 0 Å². The highest BCUT2D eigenvalue weighted by molar-refractivity contribution is 5.20. The molecule has 0 unspecified atom stereocenters. The van der Waals surface area contributed by atoms with Gasteiger partial charge in [-0.15, -0.1) is 0 Å². The van der Waals surface area contributed by atoms with E-state index in [0.717, 1.165) is 0 Å². The highest BCUT2D eigenvalue weighted by Gasteiger charge is 2.12. The van der Waals surface area contributed by atoms with Crippen molar-refractivity contribution in [2.24, 2.45) is 0 Å². The second kappa shape index (κ2) is 3.51. The van der Waals surface area contributed by atoms with Gasteiger partial charge in [-0.05, 0) is 13.8 Å². The van der Waals surface area contributed by atoms with Crippen LogP contribution in [0.1, 0.15) is 12.5 Å². The van der Waals surface area contributed by atoms with Crippen molar-refractivity contribution in [1.82, 2.24) is 9.78 Å². The van der Waals surface area contributed by atoms with Gasteiger partial charge in [-0.1, -0.05) is 0 Å². The standard InChI is InChI=1S/C7H9F2N2O/c1-3-11-6(12-7(8)9)5(2)4-10-11/h7H,3H2,1-2H3. The van der Waals surface area contributed by atoms with Crippen molar-refractivity contribution in [2.75, 3.05) is 0 Å². The Balaban J connectivity index is 2.86. The predicted octanol–water partition coefficient (Wildman–Crippen LogP) is 1.61. The summed E-state index contributed by atoms with van der Waals surface area (Å²) in [5.41, 5.74) is 0.497. The monoisotopic (exact) mass is 175 g/mol. The predicted molar refractivity (Wildman–Crippen MR) is 38.1 cm³/mol. The second-order valence-corrected chi connectivity index (χ2v) is 2.24. The molecule has 0 saturated carbocycles. The lowest BCUT2D eigenvalue weighted by atomic mass is 10.4. The van der Waals surface area contributed by atoms with Crippen LogP contribution in [0.5, 0.6) is 5.88 Å². The maximum absolute atomic E-state index is 11.8. The van der Waals surface area contributed by atoms with E-state index in [-0.39, 0.29) is 5.88 Å². The molecule has 0 bridgehead atoms. The van der Waals surface area contributed by atoms with Crippen molar-refractivity contribution in [3.05, 3.63) is 11.8 Å². The van der Waals surface area contributed by atoms with Gasteiger partial charge in [0.05, 0.1) is 0 Å². The Morgan fingerprint density at radius 2 is 2.33 bits per heavy atom. The van der Waals surface area contributed by atoms with Gasteiger partial charge in [0.15, 0.2) is 0 Å². The van der Waals surface area contributed by atoms with E-state index in [9.17, 15) is 8.78 Å².